The fraction of sp³-hybridized carbons (Fsp3) is 0.375. The molecule has 2 fully saturated rings. The fourth-order valence-electron chi connectivity index (χ4n) is 3.59. The molecular formula is C16H16N2O3. The van der Waals surface area contributed by atoms with Gasteiger partial charge in [0.25, 0.3) is 0 Å². The Morgan fingerprint density at radius 2 is 2.10 bits per heavy atom. The zero-order valence-corrected chi connectivity index (χ0v) is 11.5. The monoisotopic (exact) mass is 284 g/mol. The van der Waals surface area contributed by atoms with Crippen molar-refractivity contribution in [1.29, 1.82) is 0 Å². The molecule has 0 radical (unpaired) electrons. The summed E-state index contributed by atoms with van der Waals surface area (Å²) in [6, 6.07) is 9.73. The Balaban J connectivity index is 1.75. The molecule has 1 saturated heterocycles. The van der Waals surface area contributed by atoms with Crippen LogP contribution in [-0.4, -0.2) is 28.8 Å². The largest absolute Gasteiger partial charge is 0.477 e. The third-order valence-corrected chi connectivity index (χ3v) is 4.65. The topological polar surface area (TPSA) is 66.6 Å². The highest BCUT2D eigenvalue weighted by Gasteiger charge is 2.45. The minimum absolute atomic E-state index is 0.187. The van der Waals surface area contributed by atoms with Gasteiger partial charge in [-0.05, 0) is 18.8 Å². The highest BCUT2D eigenvalue weighted by molar-refractivity contribution is 5.99. The number of benzene rings is 1. The Kier molecular flexibility index (Phi) is 2.74. The lowest BCUT2D eigenvalue weighted by Gasteiger charge is -2.44. The van der Waals surface area contributed by atoms with E-state index in [1.165, 1.54) is 12.8 Å². The van der Waals surface area contributed by atoms with E-state index in [0.29, 0.717) is 23.5 Å². The van der Waals surface area contributed by atoms with Crippen LogP contribution in [0.2, 0.25) is 0 Å². The first-order valence-electron chi connectivity index (χ1n) is 7.30. The molecule has 2 aliphatic rings. The lowest BCUT2D eigenvalue weighted by Crippen LogP contribution is -2.54. The number of carboxylic acids is 1. The summed E-state index contributed by atoms with van der Waals surface area (Å²) in [4.78, 5) is 13.8. The van der Waals surface area contributed by atoms with Crippen LogP contribution in [0.5, 0.6) is 0 Å². The number of fused-ring (bicyclic) bond motifs is 1. The first kappa shape index (κ1) is 12.4. The molecule has 1 aromatic carbocycles. The van der Waals surface area contributed by atoms with E-state index in [2.05, 4.69) is 10.1 Å². The van der Waals surface area contributed by atoms with E-state index in [9.17, 15) is 9.90 Å². The minimum atomic E-state index is -0.980. The Labute approximate surface area is 122 Å². The second kappa shape index (κ2) is 4.62. The van der Waals surface area contributed by atoms with Gasteiger partial charge in [-0.2, -0.15) is 0 Å². The van der Waals surface area contributed by atoms with Crippen molar-refractivity contribution in [3.63, 3.8) is 0 Å². The zero-order chi connectivity index (χ0) is 14.4. The smallest absolute Gasteiger partial charge is 0.343 e. The average Bonchev–Trinajstić information content (AvgIpc) is 3.05. The molecule has 108 valence electrons. The van der Waals surface area contributed by atoms with Crippen LogP contribution in [-0.2, 0) is 0 Å². The van der Waals surface area contributed by atoms with Gasteiger partial charge in [0.1, 0.15) is 0 Å². The Hall–Kier alpha value is -2.30. The zero-order valence-electron chi connectivity index (χ0n) is 11.5. The molecular weight excluding hydrogens is 268 g/mol. The summed E-state index contributed by atoms with van der Waals surface area (Å²) in [5.41, 5.74) is 0.934. The molecule has 0 amide bonds. The number of nitrogens with zero attached hydrogens (tertiary/aromatic N) is 2. The van der Waals surface area contributed by atoms with Gasteiger partial charge in [0, 0.05) is 18.2 Å². The van der Waals surface area contributed by atoms with Crippen LogP contribution in [0.1, 0.15) is 29.6 Å². The summed E-state index contributed by atoms with van der Waals surface area (Å²) >= 11 is 0. The van der Waals surface area contributed by atoms with Gasteiger partial charge in [-0.25, -0.2) is 4.79 Å². The highest BCUT2D eigenvalue weighted by Crippen LogP contribution is 2.44. The molecule has 1 aromatic heterocycles. The van der Waals surface area contributed by atoms with Gasteiger partial charge in [-0.3, -0.25) is 0 Å². The second-order valence-corrected chi connectivity index (χ2v) is 5.79. The third kappa shape index (κ3) is 1.84. The van der Waals surface area contributed by atoms with E-state index in [1.54, 1.807) is 0 Å². The second-order valence-electron chi connectivity index (χ2n) is 5.79. The first-order valence-corrected chi connectivity index (χ1v) is 7.30. The van der Waals surface area contributed by atoms with Gasteiger partial charge in [-0.15, -0.1) is 0 Å². The molecule has 21 heavy (non-hydrogen) atoms. The van der Waals surface area contributed by atoms with Crippen molar-refractivity contribution >= 4 is 11.8 Å². The average molecular weight is 284 g/mol. The summed E-state index contributed by atoms with van der Waals surface area (Å²) in [5, 5.41) is 13.6. The minimum Gasteiger partial charge on any atom is -0.477 e. The summed E-state index contributed by atoms with van der Waals surface area (Å²) < 4.78 is 5.38. The predicted molar refractivity (Wildman–Crippen MR) is 77.4 cm³/mol. The number of carboxylic acid groups (broad SMARTS) is 1. The van der Waals surface area contributed by atoms with Crippen LogP contribution >= 0.6 is 0 Å². The SMILES string of the molecule is O=C(O)c1c(N2C[C@@H]3CCC[C@@H]32)noc1-c1ccccc1. The van der Waals surface area contributed by atoms with E-state index in [0.717, 1.165) is 18.5 Å². The summed E-state index contributed by atoms with van der Waals surface area (Å²) in [6.45, 7) is 0.895. The highest BCUT2D eigenvalue weighted by atomic mass is 16.5. The lowest BCUT2D eigenvalue weighted by molar-refractivity contribution is 0.0697. The molecule has 0 unspecified atom stereocenters. The van der Waals surface area contributed by atoms with Crippen LogP contribution < -0.4 is 4.90 Å². The maximum atomic E-state index is 11.7. The summed E-state index contributed by atoms with van der Waals surface area (Å²) in [7, 11) is 0. The fourth-order valence-corrected chi connectivity index (χ4v) is 3.59. The number of rotatable bonds is 3. The summed E-state index contributed by atoms with van der Waals surface area (Å²) in [6.07, 6.45) is 3.59. The normalized spacial score (nSPS) is 23.7. The Morgan fingerprint density at radius 1 is 1.29 bits per heavy atom. The van der Waals surface area contributed by atoms with Crippen molar-refractivity contribution in [2.75, 3.05) is 11.4 Å². The standard InChI is InChI=1S/C16H16N2O3/c19-16(20)13-14(10-5-2-1-3-6-10)21-17-15(13)18-9-11-7-4-8-12(11)18/h1-3,5-6,11-12H,4,7-9H2,(H,19,20)/t11-,12-/m0/s1. The van der Waals surface area contributed by atoms with Crippen LogP contribution in [0.15, 0.2) is 34.9 Å². The van der Waals surface area contributed by atoms with Crippen molar-refractivity contribution in [3.8, 4) is 11.3 Å². The molecule has 2 heterocycles. The molecule has 2 atom stereocenters. The number of aromatic nitrogens is 1. The lowest BCUT2D eigenvalue weighted by atomic mass is 9.91. The van der Waals surface area contributed by atoms with Gasteiger partial charge in [-0.1, -0.05) is 41.9 Å². The molecule has 1 N–H and O–H groups in total. The van der Waals surface area contributed by atoms with Crippen molar-refractivity contribution in [3.05, 3.63) is 35.9 Å². The molecule has 1 aliphatic carbocycles. The van der Waals surface area contributed by atoms with Crippen molar-refractivity contribution < 1.29 is 14.4 Å². The van der Waals surface area contributed by atoms with Gasteiger partial charge >= 0.3 is 5.97 Å². The van der Waals surface area contributed by atoms with Crippen LogP contribution in [0.25, 0.3) is 11.3 Å². The van der Waals surface area contributed by atoms with Crippen molar-refractivity contribution in [1.82, 2.24) is 5.16 Å². The van der Waals surface area contributed by atoms with E-state index in [-0.39, 0.29) is 5.56 Å². The molecule has 0 bridgehead atoms. The maximum absolute atomic E-state index is 11.7. The van der Waals surface area contributed by atoms with Crippen molar-refractivity contribution in [2.45, 2.75) is 25.3 Å². The molecule has 1 aliphatic heterocycles. The Bertz CT molecular complexity index is 680. The van der Waals surface area contributed by atoms with Gasteiger partial charge in [0.2, 0.25) is 0 Å². The van der Waals surface area contributed by atoms with Crippen LogP contribution in [0.3, 0.4) is 0 Å². The molecule has 5 nitrogen and oxygen atoms in total. The molecule has 1 saturated carbocycles. The van der Waals surface area contributed by atoms with Gasteiger partial charge < -0.3 is 14.5 Å². The van der Waals surface area contributed by atoms with Crippen molar-refractivity contribution in [2.24, 2.45) is 5.92 Å². The molecule has 2 aromatic rings. The van der Waals surface area contributed by atoms with Crippen LogP contribution in [0, 0.1) is 5.92 Å². The molecule has 0 spiro atoms. The molecule has 5 heteroatoms. The number of hydrogen-bond donors (Lipinski definition) is 1. The van der Waals surface area contributed by atoms with Gasteiger partial charge in [0.05, 0.1) is 0 Å². The number of aromatic carboxylic acids is 1. The van der Waals surface area contributed by atoms with E-state index in [1.807, 2.05) is 30.3 Å². The summed E-state index contributed by atoms with van der Waals surface area (Å²) in [5.74, 6) is 0.555. The van der Waals surface area contributed by atoms with E-state index in [4.69, 9.17) is 4.52 Å². The van der Waals surface area contributed by atoms with Crippen LogP contribution in [0.4, 0.5) is 5.82 Å². The first-order chi connectivity index (χ1) is 10.3. The van der Waals surface area contributed by atoms with Gasteiger partial charge in [0.15, 0.2) is 17.1 Å². The number of anilines is 1. The third-order valence-electron chi connectivity index (χ3n) is 4.65. The number of hydrogen-bond acceptors (Lipinski definition) is 4. The van der Waals surface area contributed by atoms with E-state index < -0.39 is 5.97 Å². The quantitative estimate of drug-likeness (QED) is 0.938. The molecule has 4 rings (SSSR count). The van der Waals surface area contributed by atoms with E-state index >= 15 is 0 Å². The maximum Gasteiger partial charge on any atom is 0.343 e. The number of carbonyl (C=O) groups is 1. The predicted octanol–water partition coefficient (Wildman–Crippen LogP) is 3.03. The Morgan fingerprint density at radius 3 is 2.81 bits per heavy atom.